The van der Waals surface area contributed by atoms with Crippen LogP contribution in [0.2, 0.25) is 0 Å². The average Bonchev–Trinajstić information content (AvgIpc) is 2.47. The zero-order valence-electron chi connectivity index (χ0n) is 12.9. The van der Waals surface area contributed by atoms with Crippen molar-refractivity contribution in [1.29, 1.82) is 0 Å². The minimum Gasteiger partial charge on any atom is -0.478 e. The molecule has 0 aliphatic rings. The third-order valence-electron chi connectivity index (χ3n) is 2.94. The Labute approximate surface area is 135 Å². The van der Waals surface area contributed by atoms with E-state index in [-0.39, 0.29) is 5.97 Å². The van der Waals surface area contributed by atoms with Gasteiger partial charge in [-0.3, -0.25) is 0 Å². The minimum absolute atomic E-state index is 0.303. The van der Waals surface area contributed by atoms with Gasteiger partial charge in [0.05, 0.1) is 11.1 Å². The molecule has 118 valence electrons. The van der Waals surface area contributed by atoms with Crippen molar-refractivity contribution >= 4 is 21.9 Å². The number of esters is 1. The molecule has 1 N–H and O–H groups in total. The summed E-state index contributed by atoms with van der Waals surface area (Å²) < 4.78 is 11.7. The summed E-state index contributed by atoms with van der Waals surface area (Å²) in [5, 5.41) is 3.27. The van der Waals surface area contributed by atoms with Crippen molar-refractivity contribution in [3.05, 3.63) is 28.2 Å². The van der Waals surface area contributed by atoms with Gasteiger partial charge in [-0.05, 0) is 53.5 Å². The van der Waals surface area contributed by atoms with Gasteiger partial charge >= 0.3 is 5.97 Å². The number of carbonyl (C=O) groups is 1. The molecule has 0 aliphatic heterocycles. The van der Waals surface area contributed by atoms with E-state index in [9.17, 15) is 4.79 Å². The lowest BCUT2D eigenvalue weighted by Crippen LogP contribution is -2.29. The Bertz CT molecular complexity index is 451. The summed E-state index contributed by atoms with van der Waals surface area (Å²) in [6, 6.07) is 5.89. The lowest BCUT2D eigenvalue weighted by molar-refractivity contribution is -0.151. The van der Waals surface area contributed by atoms with Crippen molar-refractivity contribution in [3.8, 4) is 5.75 Å². The van der Waals surface area contributed by atoms with E-state index in [0.717, 1.165) is 24.0 Å². The quantitative estimate of drug-likeness (QED) is 0.685. The number of rotatable bonds is 9. The van der Waals surface area contributed by atoms with Gasteiger partial charge in [0.15, 0.2) is 6.10 Å². The van der Waals surface area contributed by atoms with Crippen LogP contribution in [0.1, 0.15) is 39.2 Å². The lowest BCUT2D eigenvalue weighted by atomic mass is 10.2. The standard InChI is InChI=1S/C16H24BrNO3/c1-4-7-15(16(19)20-6-3)21-14-9-8-12(10-13(14)17)11-18-5-2/h8-10,15,18H,4-7,11H2,1-3H3. The molecule has 0 spiro atoms. The van der Waals surface area contributed by atoms with E-state index in [1.165, 1.54) is 5.56 Å². The first-order chi connectivity index (χ1) is 10.1. The Hall–Kier alpha value is -1.07. The minimum atomic E-state index is -0.550. The van der Waals surface area contributed by atoms with Gasteiger partial charge < -0.3 is 14.8 Å². The molecule has 1 aromatic carbocycles. The number of hydrogen-bond donors (Lipinski definition) is 1. The molecule has 0 saturated carbocycles. The first-order valence-corrected chi connectivity index (χ1v) is 8.24. The second-order valence-electron chi connectivity index (χ2n) is 4.69. The molecule has 0 saturated heterocycles. The zero-order valence-corrected chi connectivity index (χ0v) is 14.5. The van der Waals surface area contributed by atoms with Crippen molar-refractivity contribution < 1.29 is 14.3 Å². The van der Waals surface area contributed by atoms with Gasteiger partial charge in [0.25, 0.3) is 0 Å². The predicted octanol–water partition coefficient (Wildman–Crippen LogP) is 3.67. The van der Waals surface area contributed by atoms with Crippen LogP contribution in [0.4, 0.5) is 0 Å². The van der Waals surface area contributed by atoms with Crippen LogP contribution in [0.3, 0.4) is 0 Å². The second-order valence-corrected chi connectivity index (χ2v) is 5.55. The van der Waals surface area contributed by atoms with E-state index in [1.807, 2.05) is 25.1 Å². The number of carbonyl (C=O) groups excluding carboxylic acids is 1. The highest BCUT2D eigenvalue weighted by Gasteiger charge is 2.21. The summed E-state index contributed by atoms with van der Waals surface area (Å²) in [7, 11) is 0. The molecular weight excluding hydrogens is 334 g/mol. The van der Waals surface area contributed by atoms with Crippen LogP contribution >= 0.6 is 15.9 Å². The number of hydrogen-bond acceptors (Lipinski definition) is 4. The normalized spacial score (nSPS) is 12.0. The Morgan fingerprint density at radius 3 is 2.67 bits per heavy atom. The number of benzene rings is 1. The Kier molecular flexibility index (Phi) is 8.38. The van der Waals surface area contributed by atoms with Crippen LogP contribution in [0, 0.1) is 0 Å². The molecule has 21 heavy (non-hydrogen) atoms. The van der Waals surface area contributed by atoms with Crippen molar-refractivity contribution in [2.75, 3.05) is 13.2 Å². The van der Waals surface area contributed by atoms with Gasteiger partial charge in [-0.1, -0.05) is 26.3 Å². The highest BCUT2D eigenvalue weighted by atomic mass is 79.9. The first kappa shape index (κ1) is 18.0. The van der Waals surface area contributed by atoms with Crippen molar-refractivity contribution in [2.45, 2.75) is 46.3 Å². The molecular formula is C16H24BrNO3. The molecule has 0 radical (unpaired) electrons. The lowest BCUT2D eigenvalue weighted by Gasteiger charge is -2.18. The fourth-order valence-corrected chi connectivity index (χ4v) is 2.41. The van der Waals surface area contributed by atoms with Gasteiger partial charge in [0.2, 0.25) is 0 Å². The van der Waals surface area contributed by atoms with Crippen LogP contribution < -0.4 is 10.1 Å². The maximum absolute atomic E-state index is 11.9. The van der Waals surface area contributed by atoms with Crippen molar-refractivity contribution in [1.82, 2.24) is 5.32 Å². The van der Waals surface area contributed by atoms with E-state index in [2.05, 4.69) is 28.2 Å². The Morgan fingerprint density at radius 1 is 1.33 bits per heavy atom. The molecule has 5 heteroatoms. The molecule has 0 bridgehead atoms. The topological polar surface area (TPSA) is 47.6 Å². The average molecular weight is 358 g/mol. The summed E-state index contributed by atoms with van der Waals surface area (Å²) in [4.78, 5) is 11.9. The summed E-state index contributed by atoms with van der Waals surface area (Å²) in [5.41, 5.74) is 1.17. The molecule has 0 aromatic heterocycles. The number of nitrogens with one attached hydrogen (secondary N) is 1. The van der Waals surface area contributed by atoms with Crippen LogP contribution in [0.15, 0.2) is 22.7 Å². The van der Waals surface area contributed by atoms with Gasteiger partial charge in [0, 0.05) is 6.54 Å². The van der Waals surface area contributed by atoms with Crippen molar-refractivity contribution in [2.24, 2.45) is 0 Å². The summed E-state index contributed by atoms with van der Waals surface area (Å²) >= 11 is 3.50. The van der Waals surface area contributed by atoms with Crippen LogP contribution in [-0.2, 0) is 16.1 Å². The molecule has 1 aromatic rings. The Morgan fingerprint density at radius 2 is 2.10 bits per heavy atom. The van der Waals surface area contributed by atoms with Gasteiger partial charge in [-0.25, -0.2) is 4.79 Å². The van der Waals surface area contributed by atoms with Crippen LogP contribution in [0.25, 0.3) is 0 Å². The fourth-order valence-electron chi connectivity index (χ4n) is 1.89. The molecule has 4 nitrogen and oxygen atoms in total. The smallest absolute Gasteiger partial charge is 0.347 e. The van der Waals surface area contributed by atoms with Crippen LogP contribution in [0.5, 0.6) is 5.75 Å². The second kappa shape index (κ2) is 9.79. The third kappa shape index (κ3) is 6.06. The van der Waals surface area contributed by atoms with E-state index < -0.39 is 6.10 Å². The first-order valence-electron chi connectivity index (χ1n) is 7.44. The van der Waals surface area contributed by atoms with Gasteiger partial charge in [0.1, 0.15) is 5.75 Å². The maximum Gasteiger partial charge on any atom is 0.347 e. The van der Waals surface area contributed by atoms with E-state index in [1.54, 1.807) is 6.92 Å². The van der Waals surface area contributed by atoms with E-state index >= 15 is 0 Å². The monoisotopic (exact) mass is 357 g/mol. The summed E-state index contributed by atoms with van der Waals surface area (Å²) in [6.45, 7) is 7.99. The molecule has 1 rings (SSSR count). The van der Waals surface area contributed by atoms with Crippen LogP contribution in [-0.4, -0.2) is 25.2 Å². The molecule has 0 amide bonds. The fraction of sp³-hybridized carbons (Fsp3) is 0.562. The summed E-state index contributed by atoms with van der Waals surface area (Å²) in [6.07, 6.45) is 0.954. The number of halogens is 1. The molecule has 0 fully saturated rings. The predicted molar refractivity (Wildman–Crippen MR) is 87.5 cm³/mol. The summed E-state index contributed by atoms with van der Waals surface area (Å²) in [5.74, 6) is 0.365. The van der Waals surface area contributed by atoms with E-state index in [0.29, 0.717) is 18.8 Å². The highest BCUT2D eigenvalue weighted by molar-refractivity contribution is 9.10. The zero-order chi connectivity index (χ0) is 15.7. The molecule has 0 heterocycles. The van der Waals surface area contributed by atoms with Crippen molar-refractivity contribution in [3.63, 3.8) is 0 Å². The van der Waals surface area contributed by atoms with Gasteiger partial charge in [-0.15, -0.1) is 0 Å². The molecule has 0 aliphatic carbocycles. The SMILES string of the molecule is CCCC(Oc1ccc(CNCC)cc1Br)C(=O)OCC. The van der Waals surface area contributed by atoms with E-state index in [4.69, 9.17) is 9.47 Å². The third-order valence-corrected chi connectivity index (χ3v) is 3.56. The maximum atomic E-state index is 11.9. The Balaban J connectivity index is 2.76. The van der Waals surface area contributed by atoms with Gasteiger partial charge in [-0.2, -0.15) is 0 Å². The molecule has 1 unspecified atom stereocenters. The number of ether oxygens (including phenoxy) is 2. The largest absolute Gasteiger partial charge is 0.478 e. The highest BCUT2D eigenvalue weighted by Crippen LogP contribution is 2.28. The molecule has 1 atom stereocenters.